The summed E-state index contributed by atoms with van der Waals surface area (Å²) < 4.78 is 2.14. The zero-order valence-corrected chi connectivity index (χ0v) is 10.3. The second kappa shape index (κ2) is 6.21. The van der Waals surface area contributed by atoms with Crippen LogP contribution in [-0.4, -0.2) is 9.55 Å². The molecule has 0 aliphatic rings. The molecule has 1 aromatic heterocycles. The van der Waals surface area contributed by atoms with Gasteiger partial charge < -0.3 is 9.88 Å². The molecule has 0 radical (unpaired) electrons. The van der Waals surface area contributed by atoms with Crippen LogP contribution in [0.3, 0.4) is 0 Å². The van der Waals surface area contributed by atoms with E-state index in [0.717, 1.165) is 31.7 Å². The summed E-state index contributed by atoms with van der Waals surface area (Å²) in [5, 5.41) is 3.40. The second-order valence-electron chi connectivity index (χ2n) is 4.19. The van der Waals surface area contributed by atoms with Crippen molar-refractivity contribution < 1.29 is 0 Å². The van der Waals surface area contributed by atoms with E-state index in [1.165, 1.54) is 5.56 Å². The molecule has 0 fully saturated rings. The number of hydrogen-bond donors (Lipinski definition) is 1. The van der Waals surface area contributed by atoms with E-state index in [4.69, 9.17) is 0 Å². The third-order valence-corrected chi connectivity index (χ3v) is 2.65. The molecule has 0 saturated heterocycles. The maximum Gasteiger partial charge on any atom is 0.0949 e. The van der Waals surface area contributed by atoms with Gasteiger partial charge in [0.1, 0.15) is 0 Å². The van der Waals surface area contributed by atoms with Crippen molar-refractivity contribution in [3.05, 3.63) is 54.1 Å². The van der Waals surface area contributed by atoms with E-state index in [0.29, 0.717) is 0 Å². The summed E-state index contributed by atoms with van der Waals surface area (Å²) in [6.07, 6.45) is 5.16. The molecule has 2 aromatic rings. The van der Waals surface area contributed by atoms with Crippen molar-refractivity contribution in [3.63, 3.8) is 0 Å². The molecule has 0 saturated carbocycles. The Morgan fingerprint density at radius 2 is 2.00 bits per heavy atom. The van der Waals surface area contributed by atoms with Crippen LogP contribution in [0.1, 0.15) is 24.6 Å². The first-order valence-electron chi connectivity index (χ1n) is 6.14. The smallest absolute Gasteiger partial charge is 0.0949 e. The quantitative estimate of drug-likeness (QED) is 0.825. The molecule has 3 heteroatoms. The fraction of sp³-hybridized carbons (Fsp3) is 0.357. The van der Waals surface area contributed by atoms with Gasteiger partial charge in [-0.3, -0.25) is 0 Å². The summed E-state index contributed by atoms with van der Waals surface area (Å²) in [6.45, 7) is 4.94. The number of aryl methyl sites for hydroxylation is 1. The summed E-state index contributed by atoms with van der Waals surface area (Å²) in [5.41, 5.74) is 2.41. The molecule has 0 amide bonds. The first-order chi connectivity index (χ1) is 8.38. The van der Waals surface area contributed by atoms with Crippen molar-refractivity contribution >= 4 is 0 Å². The number of imidazole rings is 1. The number of aromatic nitrogens is 2. The SMILES string of the molecule is CCCn1cnc(CNCc2ccccc2)c1. The summed E-state index contributed by atoms with van der Waals surface area (Å²) in [6, 6.07) is 10.4. The van der Waals surface area contributed by atoms with Crippen molar-refractivity contribution in [2.45, 2.75) is 33.0 Å². The number of nitrogens with zero attached hydrogens (tertiary/aromatic N) is 2. The fourth-order valence-electron chi connectivity index (χ4n) is 1.81. The predicted molar refractivity (Wildman–Crippen MR) is 69.5 cm³/mol. The van der Waals surface area contributed by atoms with Crippen LogP contribution in [0, 0.1) is 0 Å². The van der Waals surface area contributed by atoms with Crippen LogP contribution < -0.4 is 5.32 Å². The fourth-order valence-corrected chi connectivity index (χ4v) is 1.81. The van der Waals surface area contributed by atoms with Gasteiger partial charge in [-0.2, -0.15) is 0 Å². The minimum Gasteiger partial charge on any atom is -0.337 e. The van der Waals surface area contributed by atoms with E-state index in [1.807, 2.05) is 12.4 Å². The van der Waals surface area contributed by atoms with Gasteiger partial charge in [0.2, 0.25) is 0 Å². The number of rotatable bonds is 6. The van der Waals surface area contributed by atoms with Gasteiger partial charge in [0.15, 0.2) is 0 Å². The normalized spacial score (nSPS) is 10.6. The van der Waals surface area contributed by atoms with Crippen LogP contribution in [0.4, 0.5) is 0 Å². The number of hydrogen-bond acceptors (Lipinski definition) is 2. The Balaban J connectivity index is 1.78. The Bertz CT molecular complexity index is 434. The van der Waals surface area contributed by atoms with Gasteiger partial charge in [0.05, 0.1) is 12.0 Å². The molecule has 90 valence electrons. The van der Waals surface area contributed by atoms with Crippen LogP contribution in [0.25, 0.3) is 0 Å². The van der Waals surface area contributed by atoms with Crippen molar-refractivity contribution in [2.75, 3.05) is 0 Å². The molecule has 0 aliphatic carbocycles. The lowest BCUT2D eigenvalue weighted by Crippen LogP contribution is -2.12. The summed E-state index contributed by atoms with van der Waals surface area (Å²) in [5.74, 6) is 0. The Kier molecular flexibility index (Phi) is 4.33. The standard InChI is InChI=1S/C14H19N3/c1-2-8-17-11-14(16-12-17)10-15-9-13-6-4-3-5-7-13/h3-7,11-12,15H,2,8-10H2,1H3. The minimum atomic E-state index is 0.825. The zero-order valence-electron chi connectivity index (χ0n) is 10.3. The lowest BCUT2D eigenvalue weighted by Gasteiger charge is -2.02. The number of nitrogens with one attached hydrogen (secondary N) is 1. The molecule has 1 aromatic carbocycles. The molecule has 2 rings (SSSR count). The van der Waals surface area contributed by atoms with E-state index in [2.05, 4.69) is 52.3 Å². The van der Waals surface area contributed by atoms with Crippen LogP contribution in [0.15, 0.2) is 42.9 Å². The van der Waals surface area contributed by atoms with Gasteiger partial charge in [0, 0.05) is 25.8 Å². The van der Waals surface area contributed by atoms with Crippen molar-refractivity contribution in [2.24, 2.45) is 0 Å². The molecule has 3 nitrogen and oxygen atoms in total. The highest BCUT2D eigenvalue weighted by Gasteiger charge is 1.98. The van der Waals surface area contributed by atoms with E-state index >= 15 is 0 Å². The topological polar surface area (TPSA) is 29.9 Å². The maximum atomic E-state index is 4.37. The van der Waals surface area contributed by atoms with Crippen LogP contribution in [0.5, 0.6) is 0 Å². The average Bonchev–Trinajstić information content (AvgIpc) is 2.79. The first-order valence-corrected chi connectivity index (χ1v) is 6.14. The largest absolute Gasteiger partial charge is 0.337 e. The Morgan fingerprint density at radius 3 is 2.76 bits per heavy atom. The van der Waals surface area contributed by atoms with Crippen LogP contribution >= 0.6 is 0 Å². The molecule has 0 unspecified atom stereocenters. The lowest BCUT2D eigenvalue weighted by atomic mass is 10.2. The van der Waals surface area contributed by atoms with Crippen LogP contribution in [-0.2, 0) is 19.6 Å². The molecule has 0 spiro atoms. The first kappa shape index (κ1) is 11.9. The lowest BCUT2D eigenvalue weighted by molar-refractivity contribution is 0.668. The molecule has 0 bridgehead atoms. The molecule has 1 N–H and O–H groups in total. The highest BCUT2D eigenvalue weighted by Crippen LogP contribution is 2.00. The average molecular weight is 229 g/mol. The second-order valence-corrected chi connectivity index (χ2v) is 4.19. The molecule has 0 atom stereocenters. The highest BCUT2D eigenvalue weighted by atomic mass is 15.0. The molecule has 17 heavy (non-hydrogen) atoms. The molecule has 1 heterocycles. The third kappa shape index (κ3) is 3.71. The van der Waals surface area contributed by atoms with Crippen molar-refractivity contribution in [1.29, 1.82) is 0 Å². The van der Waals surface area contributed by atoms with Gasteiger partial charge in [-0.1, -0.05) is 37.3 Å². The minimum absolute atomic E-state index is 0.825. The highest BCUT2D eigenvalue weighted by molar-refractivity contribution is 5.14. The van der Waals surface area contributed by atoms with Crippen molar-refractivity contribution in [1.82, 2.24) is 14.9 Å². The van der Waals surface area contributed by atoms with Gasteiger partial charge in [-0.15, -0.1) is 0 Å². The van der Waals surface area contributed by atoms with E-state index in [1.54, 1.807) is 0 Å². The Labute approximate surface area is 103 Å². The summed E-state index contributed by atoms with van der Waals surface area (Å²) in [4.78, 5) is 4.37. The summed E-state index contributed by atoms with van der Waals surface area (Å²) in [7, 11) is 0. The maximum absolute atomic E-state index is 4.37. The Morgan fingerprint density at radius 1 is 1.18 bits per heavy atom. The van der Waals surface area contributed by atoms with Gasteiger partial charge in [-0.25, -0.2) is 4.98 Å². The molecular formula is C14H19N3. The third-order valence-electron chi connectivity index (χ3n) is 2.65. The molecular weight excluding hydrogens is 210 g/mol. The number of benzene rings is 1. The van der Waals surface area contributed by atoms with E-state index in [-0.39, 0.29) is 0 Å². The molecule has 0 aliphatic heterocycles. The van der Waals surface area contributed by atoms with Gasteiger partial charge in [-0.05, 0) is 12.0 Å². The van der Waals surface area contributed by atoms with E-state index < -0.39 is 0 Å². The monoisotopic (exact) mass is 229 g/mol. The van der Waals surface area contributed by atoms with E-state index in [9.17, 15) is 0 Å². The van der Waals surface area contributed by atoms with Gasteiger partial charge in [0.25, 0.3) is 0 Å². The van der Waals surface area contributed by atoms with Gasteiger partial charge >= 0.3 is 0 Å². The zero-order chi connectivity index (χ0) is 11.9. The summed E-state index contributed by atoms with van der Waals surface area (Å²) >= 11 is 0. The predicted octanol–water partition coefficient (Wildman–Crippen LogP) is 2.58. The Hall–Kier alpha value is -1.61. The van der Waals surface area contributed by atoms with Crippen LogP contribution in [0.2, 0.25) is 0 Å². The van der Waals surface area contributed by atoms with Crippen molar-refractivity contribution in [3.8, 4) is 0 Å².